The number of methoxy groups -OCH3 is 1. The molecule has 2 aromatic rings. The number of aryl methyl sites for hydroxylation is 1. The Balaban J connectivity index is 1.77. The molecule has 1 aromatic carbocycles. The number of aliphatic imine (C=N–C) groups is 1. The zero-order valence-corrected chi connectivity index (χ0v) is 17.9. The summed E-state index contributed by atoms with van der Waals surface area (Å²) < 4.78 is 46.3. The molecule has 1 aliphatic heterocycles. The van der Waals surface area contributed by atoms with Crippen LogP contribution in [-0.2, 0) is 13.1 Å². The molecular formula is C21H26F2N4O4. The number of halogens is 2. The first-order chi connectivity index (χ1) is 14.9. The SMILES string of the molecule is CCNC(=NCc1cc2c(cc1OC(F)F)OCO2)NCc1ncc(C)c(OC)c1C. The van der Waals surface area contributed by atoms with Crippen LogP contribution in [0, 0.1) is 13.8 Å². The molecule has 2 heterocycles. The average molecular weight is 436 g/mol. The Bertz CT molecular complexity index is 953. The van der Waals surface area contributed by atoms with Crippen LogP contribution in [0.4, 0.5) is 8.78 Å². The van der Waals surface area contributed by atoms with E-state index < -0.39 is 6.61 Å². The second-order valence-electron chi connectivity index (χ2n) is 6.79. The van der Waals surface area contributed by atoms with Crippen molar-refractivity contribution in [2.75, 3.05) is 20.4 Å². The average Bonchev–Trinajstić information content (AvgIpc) is 3.18. The van der Waals surface area contributed by atoms with E-state index in [0.717, 1.165) is 22.6 Å². The molecule has 1 aliphatic rings. The lowest BCUT2D eigenvalue weighted by Gasteiger charge is -2.15. The van der Waals surface area contributed by atoms with Crippen LogP contribution in [0.1, 0.15) is 29.3 Å². The summed E-state index contributed by atoms with van der Waals surface area (Å²) in [7, 11) is 1.63. The lowest BCUT2D eigenvalue weighted by atomic mass is 10.1. The van der Waals surface area contributed by atoms with E-state index in [0.29, 0.717) is 36.1 Å². The number of benzene rings is 1. The highest BCUT2D eigenvalue weighted by molar-refractivity contribution is 5.79. The van der Waals surface area contributed by atoms with Crippen molar-refractivity contribution in [1.82, 2.24) is 15.6 Å². The molecule has 3 rings (SSSR count). The van der Waals surface area contributed by atoms with E-state index in [4.69, 9.17) is 14.2 Å². The predicted octanol–water partition coefficient (Wildman–Crippen LogP) is 3.29. The maximum Gasteiger partial charge on any atom is 0.387 e. The molecule has 0 bridgehead atoms. The summed E-state index contributed by atoms with van der Waals surface area (Å²) in [6.07, 6.45) is 1.76. The van der Waals surface area contributed by atoms with Crippen LogP contribution in [0.15, 0.2) is 23.3 Å². The van der Waals surface area contributed by atoms with Gasteiger partial charge in [0.05, 0.1) is 25.9 Å². The molecule has 0 amide bonds. The number of nitrogens with one attached hydrogen (secondary N) is 2. The smallest absolute Gasteiger partial charge is 0.387 e. The topological polar surface area (TPSA) is 86.2 Å². The molecule has 0 atom stereocenters. The van der Waals surface area contributed by atoms with Crippen LogP contribution >= 0.6 is 0 Å². The Morgan fingerprint density at radius 3 is 2.65 bits per heavy atom. The Morgan fingerprint density at radius 1 is 1.23 bits per heavy atom. The van der Waals surface area contributed by atoms with Crippen molar-refractivity contribution >= 4 is 5.96 Å². The molecular weight excluding hydrogens is 410 g/mol. The molecule has 0 fully saturated rings. The lowest BCUT2D eigenvalue weighted by molar-refractivity contribution is -0.0505. The van der Waals surface area contributed by atoms with E-state index in [-0.39, 0.29) is 19.1 Å². The van der Waals surface area contributed by atoms with Gasteiger partial charge in [-0.2, -0.15) is 8.78 Å². The van der Waals surface area contributed by atoms with Crippen LogP contribution in [0.3, 0.4) is 0 Å². The minimum absolute atomic E-state index is 0.000342. The third-order valence-corrected chi connectivity index (χ3v) is 4.70. The highest BCUT2D eigenvalue weighted by Gasteiger charge is 2.20. The van der Waals surface area contributed by atoms with Gasteiger partial charge in [-0.25, -0.2) is 4.99 Å². The molecule has 0 saturated heterocycles. The monoisotopic (exact) mass is 436 g/mol. The molecule has 0 saturated carbocycles. The molecule has 0 radical (unpaired) electrons. The van der Waals surface area contributed by atoms with Gasteiger partial charge in [0.2, 0.25) is 6.79 Å². The minimum atomic E-state index is -2.96. The van der Waals surface area contributed by atoms with Gasteiger partial charge in [0.15, 0.2) is 17.5 Å². The fraction of sp³-hybridized carbons (Fsp3) is 0.429. The van der Waals surface area contributed by atoms with Gasteiger partial charge in [-0.15, -0.1) is 0 Å². The van der Waals surface area contributed by atoms with Crippen LogP contribution < -0.4 is 29.6 Å². The number of fused-ring (bicyclic) bond motifs is 1. The first kappa shape index (κ1) is 22.4. The van der Waals surface area contributed by atoms with Gasteiger partial charge in [0.1, 0.15) is 11.5 Å². The fourth-order valence-corrected chi connectivity index (χ4v) is 3.22. The summed E-state index contributed by atoms with van der Waals surface area (Å²) in [6, 6.07) is 3.00. The van der Waals surface area contributed by atoms with E-state index in [2.05, 4.69) is 25.3 Å². The van der Waals surface area contributed by atoms with Crippen LogP contribution in [-0.4, -0.2) is 38.0 Å². The highest BCUT2D eigenvalue weighted by Crippen LogP contribution is 2.39. The van der Waals surface area contributed by atoms with Crippen molar-refractivity contribution in [2.45, 2.75) is 40.5 Å². The third-order valence-electron chi connectivity index (χ3n) is 4.70. The molecule has 10 heteroatoms. The number of guanidine groups is 1. The summed E-state index contributed by atoms with van der Waals surface area (Å²) in [4.78, 5) is 8.96. The quantitative estimate of drug-likeness (QED) is 0.485. The summed E-state index contributed by atoms with van der Waals surface area (Å²) in [5.41, 5.74) is 3.17. The third kappa shape index (κ3) is 5.44. The molecule has 8 nitrogen and oxygen atoms in total. The predicted molar refractivity (Wildman–Crippen MR) is 111 cm³/mol. The van der Waals surface area contributed by atoms with E-state index >= 15 is 0 Å². The largest absolute Gasteiger partial charge is 0.496 e. The molecule has 168 valence electrons. The molecule has 2 N–H and O–H groups in total. The van der Waals surface area contributed by atoms with E-state index in [1.807, 2.05) is 20.8 Å². The molecule has 1 aromatic heterocycles. The number of aromatic nitrogens is 1. The van der Waals surface area contributed by atoms with E-state index in [9.17, 15) is 8.78 Å². The number of alkyl halides is 2. The number of hydrogen-bond donors (Lipinski definition) is 2. The van der Waals surface area contributed by atoms with Gasteiger partial charge in [-0.3, -0.25) is 4.98 Å². The highest BCUT2D eigenvalue weighted by atomic mass is 19.3. The Labute approximate surface area is 179 Å². The minimum Gasteiger partial charge on any atom is -0.496 e. The normalized spacial score (nSPS) is 12.8. The molecule has 0 unspecified atom stereocenters. The van der Waals surface area contributed by atoms with E-state index in [1.165, 1.54) is 6.07 Å². The van der Waals surface area contributed by atoms with Gasteiger partial charge in [-0.05, 0) is 26.8 Å². The maximum atomic E-state index is 12.8. The number of rotatable bonds is 8. The summed E-state index contributed by atoms with van der Waals surface area (Å²) >= 11 is 0. The van der Waals surface area contributed by atoms with Crippen LogP contribution in [0.25, 0.3) is 0 Å². The summed E-state index contributed by atoms with van der Waals surface area (Å²) in [5.74, 6) is 2.13. The zero-order valence-electron chi connectivity index (χ0n) is 17.9. The van der Waals surface area contributed by atoms with Crippen molar-refractivity contribution in [3.63, 3.8) is 0 Å². The van der Waals surface area contributed by atoms with Gasteiger partial charge in [0.25, 0.3) is 0 Å². The van der Waals surface area contributed by atoms with Crippen LogP contribution in [0.5, 0.6) is 23.0 Å². The zero-order chi connectivity index (χ0) is 22.4. The van der Waals surface area contributed by atoms with E-state index in [1.54, 1.807) is 19.4 Å². The lowest BCUT2D eigenvalue weighted by Crippen LogP contribution is -2.37. The van der Waals surface area contributed by atoms with Crippen molar-refractivity contribution in [3.8, 4) is 23.0 Å². The van der Waals surface area contributed by atoms with Gasteiger partial charge >= 0.3 is 6.61 Å². The first-order valence-electron chi connectivity index (χ1n) is 9.81. The Morgan fingerprint density at radius 2 is 1.97 bits per heavy atom. The second-order valence-corrected chi connectivity index (χ2v) is 6.79. The van der Waals surface area contributed by atoms with Gasteiger partial charge < -0.3 is 29.6 Å². The van der Waals surface area contributed by atoms with Gasteiger partial charge in [0, 0.05) is 35.5 Å². The number of ether oxygens (including phenoxy) is 4. The molecule has 0 spiro atoms. The van der Waals surface area contributed by atoms with Crippen LogP contribution in [0.2, 0.25) is 0 Å². The standard InChI is InChI=1S/C21H26F2N4O4/c1-5-24-21(27-10-15-13(3)19(28-4)12(2)8-25-15)26-9-14-6-17-18(30-11-29-17)7-16(14)31-20(22)23/h6-8,20H,5,9-11H2,1-4H3,(H2,24,26,27). The molecule has 0 aliphatic carbocycles. The van der Waals surface area contributed by atoms with Crippen molar-refractivity contribution in [1.29, 1.82) is 0 Å². The van der Waals surface area contributed by atoms with Crippen molar-refractivity contribution in [2.24, 2.45) is 4.99 Å². The Kier molecular flexibility index (Phi) is 7.32. The second kappa shape index (κ2) is 10.1. The first-order valence-corrected chi connectivity index (χ1v) is 9.81. The molecule has 31 heavy (non-hydrogen) atoms. The fourth-order valence-electron chi connectivity index (χ4n) is 3.22. The van der Waals surface area contributed by atoms with Gasteiger partial charge in [-0.1, -0.05) is 0 Å². The summed E-state index contributed by atoms with van der Waals surface area (Å²) in [5, 5.41) is 6.34. The number of hydrogen-bond acceptors (Lipinski definition) is 6. The Hall–Kier alpha value is -3.30. The van der Waals surface area contributed by atoms with Crippen molar-refractivity contribution < 1.29 is 27.7 Å². The summed E-state index contributed by atoms with van der Waals surface area (Å²) in [6.45, 7) is 4.02. The number of nitrogens with zero attached hydrogens (tertiary/aromatic N) is 2. The van der Waals surface area contributed by atoms with Crippen molar-refractivity contribution in [3.05, 3.63) is 40.7 Å². The number of pyridine rings is 1. The maximum absolute atomic E-state index is 12.8.